The van der Waals surface area contributed by atoms with Crippen LogP contribution in [0.15, 0.2) is 0 Å². The van der Waals surface area contributed by atoms with E-state index in [-0.39, 0.29) is 5.48 Å². The van der Waals surface area contributed by atoms with Crippen LogP contribution in [0.4, 0.5) is 0 Å². The van der Waals surface area contributed by atoms with Crippen LogP contribution in [-0.2, 0) is 3.07 Å². The van der Waals surface area contributed by atoms with Crippen LogP contribution in [0.3, 0.4) is 0 Å². The zero-order valence-corrected chi connectivity index (χ0v) is 12.9. The van der Waals surface area contributed by atoms with Gasteiger partial charge in [-0.1, -0.05) is 0 Å². The third-order valence-electron chi connectivity index (χ3n) is 2.14. The first kappa shape index (κ1) is 17.1. The normalized spacial score (nSPS) is 10.3. The molecule has 2 nitrogen and oxygen atoms in total. The predicted octanol–water partition coefficient (Wildman–Crippen LogP) is 3.18. The summed E-state index contributed by atoms with van der Waals surface area (Å²) in [6.07, 6.45) is 6.62. The zero-order chi connectivity index (χ0) is 9.94. The van der Waals surface area contributed by atoms with E-state index in [0.29, 0.717) is 0 Å². The monoisotopic (exact) mass is 311 g/mol. The molecular weight excluding hydrogens is 283 g/mol. The molecule has 0 aromatic rings. The van der Waals surface area contributed by atoms with E-state index in [4.69, 9.17) is 3.07 Å². The number of rotatable bonds is 9. The van der Waals surface area contributed by atoms with Gasteiger partial charge in [-0.05, 0) is 0 Å². The summed E-state index contributed by atoms with van der Waals surface area (Å²) in [5, 5.41) is 0. The fourth-order valence-corrected chi connectivity index (χ4v) is 7.78. The Morgan fingerprint density at radius 1 is 0.857 bits per heavy atom. The molecule has 0 aromatic carbocycles. The Hall–Kier alpha value is 0.719. The van der Waals surface area contributed by atoms with Crippen LogP contribution in [0.1, 0.15) is 52.9 Å². The molecule has 0 aliphatic carbocycles. The molecule has 0 saturated carbocycles. The second-order valence-electron chi connectivity index (χ2n) is 3.59. The average Bonchev–Trinajstić information content (AvgIpc) is 2.14. The van der Waals surface area contributed by atoms with E-state index in [2.05, 4.69) is 20.8 Å². The SMILES string of the molecule is CCCC[O][Sn]([CH2]CC)[CH2]CCC.O. The summed E-state index contributed by atoms with van der Waals surface area (Å²) >= 11 is -1.33. The molecular formula is C11H27O2Sn. The molecule has 0 rings (SSSR count). The Bertz CT molecular complexity index is 99.3. The minimum absolute atomic E-state index is 0. The van der Waals surface area contributed by atoms with Crippen molar-refractivity contribution in [1.82, 2.24) is 0 Å². The van der Waals surface area contributed by atoms with Crippen molar-refractivity contribution >= 4 is 20.2 Å². The van der Waals surface area contributed by atoms with Gasteiger partial charge in [0.25, 0.3) is 0 Å². The van der Waals surface area contributed by atoms with Gasteiger partial charge < -0.3 is 5.48 Å². The molecule has 87 valence electrons. The van der Waals surface area contributed by atoms with Crippen LogP contribution in [-0.4, -0.2) is 32.3 Å². The van der Waals surface area contributed by atoms with Gasteiger partial charge in [0.1, 0.15) is 0 Å². The van der Waals surface area contributed by atoms with Crippen molar-refractivity contribution in [2.75, 3.05) is 6.61 Å². The zero-order valence-electron chi connectivity index (χ0n) is 10.1. The van der Waals surface area contributed by atoms with Crippen LogP contribution in [0.5, 0.6) is 0 Å². The van der Waals surface area contributed by atoms with Gasteiger partial charge in [0, 0.05) is 0 Å². The van der Waals surface area contributed by atoms with Crippen molar-refractivity contribution in [3.8, 4) is 0 Å². The summed E-state index contributed by atoms with van der Waals surface area (Å²) in [6, 6.07) is 0. The predicted molar refractivity (Wildman–Crippen MR) is 65.0 cm³/mol. The first-order valence-corrected chi connectivity index (χ1v) is 11.0. The second kappa shape index (κ2) is 13.7. The molecule has 0 atom stereocenters. The average molecular weight is 310 g/mol. The summed E-state index contributed by atoms with van der Waals surface area (Å²) in [6.45, 7) is 7.85. The van der Waals surface area contributed by atoms with Gasteiger partial charge in [-0.15, -0.1) is 0 Å². The standard InChI is InChI=1S/C4H9O.C4H9.C3H7.H2O.Sn/c1-2-3-4-5;1-3-4-2;1-3-2;;/h2-4H2,1H3;1,3-4H2,2H3;1,3H2,2H3;1H2;/q-1;;;;+1. The van der Waals surface area contributed by atoms with Crippen molar-refractivity contribution in [3.05, 3.63) is 0 Å². The third-order valence-corrected chi connectivity index (χ3v) is 9.51. The molecule has 0 aliphatic rings. The number of hydrogen-bond acceptors (Lipinski definition) is 1. The Morgan fingerprint density at radius 3 is 2.00 bits per heavy atom. The van der Waals surface area contributed by atoms with E-state index >= 15 is 0 Å². The molecule has 0 fully saturated rings. The molecule has 0 amide bonds. The summed E-state index contributed by atoms with van der Waals surface area (Å²) in [7, 11) is 0. The van der Waals surface area contributed by atoms with E-state index in [1.54, 1.807) is 0 Å². The van der Waals surface area contributed by atoms with E-state index in [9.17, 15) is 0 Å². The maximum atomic E-state index is 6.02. The fourth-order valence-electron chi connectivity index (χ4n) is 1.28. The number of hydrogen-bond donors (Lipinski definition) is 0. The molecule has 0 spiro atoms. The van der Waals surface area contributed by atoms with Crippen molar-refractivity contribution in [2.24, 2.45) is 0 Å². The molecule has 0 aliphatic heterocycles. The summed E-state index contributed by atoms with van der Waals surface area (Å²) < 4.78 is 8.91. The largest absolute Gasteiger partial charge is 0.412 e. The molecule has 3 heteroatoms. The van der Waals surface area contributed by atoms with Crippen LogP contribution in [0.25, 0.3) is 0 Å². The van der Waals surface area contributed by atoms with Gasteiger partial charge in [-0.3, -0.25) is 0 Å². The Kier molecular flexibility index (Phi) is 16.8. The maximum absolute atomic E-state index is 6.02. The minimum Gasteiger partial charge on any atom is -0.412 e. The van der Waals surface area contributed by atoms with E-state index in [1.807, 2.05) is 0 Å². The smallest absolute Gasteiger partial charge is 0.412 e. The molecule has 1 radical (unpaired) electrons. The Balaban J connectivity index is 0. The molecule has 0 saturated heterocycles. The molecule has 0 aromatic heterocycles. The van der Waals surface area contributed by atoms with Crippen LogP contribution < -0.4 is 0 Å². The molecule has 0 heterocycles. The van der Waals surface area contributed by atoms with Crippen molar-refractivity contribution in [2.45, 2.75) is 61.7 Å². The van der Waals surface area contributed by atoms with Crippen molar-refractivity contribution in [3.63, 3.8) is 0 Å². The third kappa shape index (κ3) is 10.8. The second-order valence-corrected chi connectivity index (χ2v) is 10.3. The molecule has 14 heavy (non-hydrogen) atoms. The molecule has 0 bridgehead atoms. The van der Waals surface area contributed by atoms with Gasteiger partial charge in [-0.2, -0.15) is 0 Å². The van der Waals surface area contributed by atoms with E-state index < -0.39 is 20.2 Å². The van der Waals surface area contributed by atoms with Crippen LogP contribution in [0.2, 0.25) is 8.87 Å². The van der Waals surface area contributed by atoms with Gasteiger partial charge in [0.15, 0.2) is 0 Å². The van der Waals surface area contributed by atoms with Crippen molar-refractivity contribution in [1.29, 1.82) is 0 Å². The topological polar surface area (TPSA) is 40.7 Å². The fraction of sp³-hybridized carbons (Fsp3) is 1.00. The Labute approximate surface area is 97.0 Å². The van der Waals surface area contributed by atoms with Crippen LogP contribution in [0, 0.1) is 0 Å². The first-order valence-electron chi connectivity index (χ1n) is 5.82. The van der Waals surface area contributed by atoms with Gasteiger partial charge in [0.05, 0.1) is 0 Å². The number of unbranched alkanes of at least 4 members (excludes halogenated alkanes) is 2. The molecule has 2 N–H and O–H groups in total. The van der Waals surface area contributed by atoms with Gasteiger partial charge in [-0.25, -0.2) is 0 Å². The summed E-state index contributed by atoms with van der Waals surface area (Å²) in [5.74, 6) is 0. The summed E-state index contributed by atoms with van der Waals surface area (Å²) in [4.78, 5) is 0. The Morgan fingerprint density at radius 2 is 1.50 bits per heavy atom. The van der Waals surface area contributed by atoms with E-state index in [1.165, 1.54) is 41.0 Å². The minimum atomic E-state index is -1.33. The van der Waals surface area contributed by atoms with Crippen LogP contribution >= 0.6 is 0 Å². The van der Waals surface area contributed by atoms with E-state index in [0.717, 1.165) is 6.61 Å². The molecule has 0 unspecified atom stereocenters. The van der Waals surface area contributed by atoms with Crippen molar-refractivity contribution < 1.29 is 8.55 Å². The van der Waals surface area contributed by atoms with Gasteiger partial charge >= 0.3 is 91.6 Å². The maximum Gasteiger partial charge on any atom is -0.412 e. The summed E-state index contributed by atoms with van der Waals surface area (Å²) in [5.41, 5.74) is 0. The van der Waals surface area contributed by atoms with Gasteiger partial charge in [0.2, 0.25) is 0 Å². The first-order chi connectivity index (χ1) is 6.35. The quantitative estimate of drug-likeness (QED) is 0.476.